The maximum absolute atomic E-state index is 13.5. The first kappa shape index (κ1) is 18.7. The molecule has 2 aromatic heterocycles. The number of nitrogen functional groups attached to an aromatic ring is 1. The molecule has 8 heteroatoms. The number of ketones is 1. The zero-order valence-corrected chi connectivity index (χ0v) is 14.7. The number of aromatic nitrogens is 2. The van der Waals surface area contributed by atoms with Crippen LogP contribution in [0.15, 0.2) is 66.9 Å². The van der Waals surface area contributed by atoms with E-state index in [4.69, 9.17) is 5.73 Å². The number of imidazole rings is 1. The number of carbonyl (C=O) groups excluding carboxylic acids is 1. The first-order chi connectivity index (χ1) is 13.8. The SMILES string of the molecule is Nc1nc2ccc(C(=O)c3ccccc3)cn2c1-c1ccc(F)cc1C(F)(F)F. The molecule has 0 saturated heterocycles. The Balaban J connectivity index is 1.93. The summed E-state index contributed by atoms with van der Waals surface area (Å²) in [6.07, 6.45) is -3.42. The minimum atomic E-state index is -4.80. The number of pyridine rings is 1. The van der Waals surface area contributed by atoms with Crippen molar-refractivity contribution in [1.29, 1.82) is 0 Å². The fourth-order valence-corrected chi connectivity index (χ4v) is 3.18. The van der Waals surface area contributed by atoms with E-state index >= 15 is 0 Å². The van der Waals surface area contributed by atoms with Gasteiger partial charge in [0.1, 0.15) is 11.5 Å². The zero-order chi connectivity index (χ0) is 20.8. The van der Waals surface area contributed by atoms with Gasteiger partial charge >= 0.3 is 6.18 Å². The molecule has 0 bridgehead atoms. The number of fused-ring (bicyclic) bond motifs is 1. The largest absolute Gasteiger partial charge is 0.417 e. The molecule has 4 rings (SSSR count). The summed E-state index contributed by atoms with van der Waals surface area (Å²) in [4.78, 5) is 16.8. The van der Waals surface area contributed by atoms with E-state index < -0.39 is 17.6 Å². The van der Waals surface area contributed by atoms with Gasteiger partial charge in [-0.2, -0.15) is 13.2 Å². The fraction of sp³-hybridized carbons (Fsp3) is 0.0476. The highest BCUT2D eigenvalue weighted by molar-refractivity contribution is 6.09. The van der Waals surface area contributed by atoms with E-state index in [9.17, 15) is 22.4 Å². The van der Waals surface area contributed by atoms with Gasteiger partial charge in [0.05, 0.1) is 11.3 Å². The Kier molecular flexibility index (Phi) is 4.34. The van der Waals surface area contributed by atoms with E-state index in [2.05, 4.69) is 4.98 Å². The molecule has 0 radical (unpaired) electrons. The van der Waals surface area contributed by atoms with Crippen molar-refractivity contribution < 1.29 is 22.4 Å². The molecule has 4 nitrogen and oxygen atoms in total. The Bertz CT molecular complexity index is 1230. The van der Waals surface area contributed by atoms with E-state index in [-0.39, 0.29) is 34.1 Å². The average Bonchev–Trinajstić information content (AvgIpc) is 3.02. The van der Waals surface area contributed by atoms with Gasteiger partial charge in [-0.05, 0) is 30.3 Å². The van der Waals surface area contributed by atoms with Crippen molar-refractivity contribution in [3.05, 3.63) is 89.4 Å². The molecule has 0 fully saturated rings. The molecule has 0 unspecified atom stereocenters. The van der Waals surface area contributed by atoms with Gasteiger partial charge in [-0.3, -0.25) is 9.20 Å². The van der Waals surface area contributed by atoms with Crippen molar-refractivity contribution in [2.24, 2.45) is 0 Å². The molecular formula is C21H13F4N3O. The minimum Gasteiger partial charge on any atom is -0.382 e. The third kappa shape index (κ3) is 3.33. The molecule has 146 valence electrons. The summed E-state index contributed by atoms with van der Waals surface area (Å²) in [6, 6.07) is 13.8. The number of halogens is 4. The second kappa shape index (κ2) is 6.73. The van der Waals surface area contributed by atoms with Crippen molar-refractivity contribution in [2.45, 2.75) is 6.18 Å². The third-order valence-electron chi connectivity index (χ3n) is 4.49. The van der Waals surface area contributed by atoms with Crippen LogP contribution in [0.25, 0.3) is 16.9 Å². The molecule has 0 aliphatic heterocycles. The maximum atomic E-state index is 13.5. The number of hydrogen-bond acceptors (Lipinski definition) is 3. The van der Waals surface area contributed by atoms with Gasteiger partial charge < -0.3 is 5.73 Å². The van der Waals surface area contributed by atoms with Crippen LogP contribution in [0, 0.1) is 5.82 Å². The quantitative estimate of drug-likeness (QED) is 0.391. The van der Waals surface area contributed by atoms with Crippen LogP contribution in [0.2, 0.25) is 0 Å². The van der Waals surface area contributed by atoms with Crippen LogP contribution in [0.3, 0.4) is 0 Å². The predicted octanol–water partition coefficient (Wildman–Crippen LogP) is 4.97. The summed E-state index contributed by atoms with van der Waals surface area (Å²) in [7, 11) is 0. The van der Waals surface area contributed by atoms with Gasteiger partial charge in [-0.15, -0.1) is 0 Å². The van der Waals surface area contributed by atoms with Crippen molar-refractivity contribution in [2.75, 3.05) is 5.73 Å². The highest BCUT2D eigenvalue weighted by Crippen LogP contribution is 2.39. The monoisotopic (exact) mass is 399 g/mol. The highest BCUT2D eigenvalue weighted by atomic mass is 19.4. The molecule has 2 heterocycles. The molecule has 4 aromatic rings. The molecule has 2 N–H and O–H groups in total. The molecule has 0 saturated carbocycles. The molecule has 29 heavy (non-hydrogen) atoms. The minimum absolute atomic E-state index is 0.0602. The lowest BCUT2D eigenvalue weighted by Gasteiger charge is -2.13. The topological polar surface area (TPSA) is 60.4 Å². The second-order valence-electron chi connectivity index (χ2n) is 6.37. The zero-order valence-electron chi connectivity index (χ0n) is 14.7. The van der Waals surface area contributed by atoms with Gasteiger partial charge in [-0.1, -0.05) is 30.3 Å². The van der Waals surface area contributed by atoms with Crippen molar-refractivity contribution >= 4 is 17.2 Å². The summed E-state index contributed by atoms with van der Waals surface area (Å²) >= 11 is 0. The standard InChI is InChI=1S/C21H13F4N3O/c22-14-7-8-15(16(10-14)21(23,24)25)18-20(26)27-17-9-6-13(11-28(17)18)19(29)12-4-2-1-3-5-12/h1-11H,26H2. The number of carbonyl (C=O) groups is 1. The van der Waals surface area contributed by atoms with Gasteiger partial charge in [0.2, 0.25) is 0 Å². The van der Waals surface area contributed by atoms with Crippen LogP contribution >= 0.6 is 0 Å². The third-order valence-corrected chi connectivity index (χ3v) is 4.49. The van der Waals surface area contributed by atoms with Crippen LogP contribution in [-0.2, 0) is 6.18 Å². The highest BCUT2D eigenvalue weighted by Gasteiger charge is 2.35. The Morgan fingerprint density at radius 1 is 0.966 bits per heavy atom. The van der Waals surface area contributed by atoms with Crippen molar-refractivity contribution in [3.8, 4) is 11.3 Å². The Labute approximate surface area is 162 Å². The molecule has 0 aliphatic rings. The molecule has 0 amide bonds. The van der Waals surface area contributed by atoms with Gasteiger partial charge in [0, 0.05) is 22.9 Å². The van der Waals surface area contributed by atoms with Gasteiger partial charge in [-0.25, -0.2) is 9.37 Å². The smallest absolute Gasteiger partial charge is 0.382 e. The Hall–Kier alpha value is -3.68. The predicted molar refractivity (Wildman–Crippen MR) is 99.9 cm³/mol. The van der Waals surface area contributed by atoms with E-state index in [1.807, 2.05) is 0 Å². The summed E-state index contributed by atoms with van der Waals surface area (Å²) in [5.41, 5.74) is 5.28. The summed E-state index contributed by atoms with van der Waals surface area (Å²) < 4.78 is 55.3. The van der Waals surface area contributed by atoms with E-state index in [0.717, 1.165) is 12.1 Å². The maximum Gasteiger partial charge on any atom is 0.417 e. The number of anilines is 1. The van der Waals surface area contributed by atoms with Gasteiger partial charge in [0.15, 0.2) is 11.6 Å². The lowest BCUT2D eigenvalue weighted by molar-refractivity contribution is -0.137. The molecular weight excluding hydrogens is 386 g/mol. The summed E-state index contributed by atoms with van der Waals surface area (Å²) in [5.74, 6) is -1.49. The van der Waals surface area contributed by atoms with Gasteiger partial charge in [0.25, 0.3) is 0 Å². The number of hydrogen-bond donors (Lipinski definition) is 1. The first-order valence-electron chi connectivity index (χ1n) is 8.50. The van der Waals surface area contributed by atoms with E-state index in [0.29, 0.717) is 11.6 Å². The van der Waals surface area contributed by atoms with Crippen LogP contribution in [0.5, 0.6) is 0 Å². The molecule has 0 aliphatic carbocycles. The average molecular weight is 399 g/mol. The van der Waals surface area contributed by atoms with Crippen LogP contribution in [0.4, 0.5) is 23.4 Å². The summed E-state index contributed by atoms with van der Waals surface area (Å²) in [6.45, 7) is 0. The van der Waals surface area contributed by atoms with E-state index in [1.165, 1.54) is 22.7 Å². The number of rotatable bonds is 3. The van der Waals surface area contributed by atoms with E-state index in [1.54, 1.807) is 30.3 Å². The normalized spacial score (nSPS) is 11.7. The van der Waals surface area contributed by atoms with Crippen LogP contribution < -0.4 is 5.73 Å². The lowest BCUT2D eigenvalue weighted by atomic mass is 10.0. The Morgan fingerprint density at radius 2 is 1.69 bits per heavy atom. The molecule has 0 spiro atoms. The van der Waals surface area contributed by atoms with Crippen molar-refractivity contribution in [1.82, 2.24) is 9.38 Å². The fourth-order valence-electron chi connectivity index (χ4n) is 3.18. The Morgan fingerprint density at radius 3 is 2.38 bits per heavy atom. The lowest BCUT2D eigenvalue weighted by Crippen LogP contribution is -2.09. The molecule has 0 atom stereocenters. The number of nitrogens with two attached hydrogens (primary N) is 1. The van der Waals surface area contributed by atoms with Crippen molar-refractivity contribution in [3.63, 3.8) is 0 Å². The summed E-state index contributed by atoms with van der Waals surface area (Å²) in [5, 5.41) is 0. The number of nitrogens with zero attached hydrogens (tertiary/aromatic N) is 2. The number of alkyl halides is 3. The molecule has 2 aromatic carbocycles. The van der Waals surface area contributed by atoms with Crippen LogP contribution in [-0.4, -0.2) is 15.2 Å². The second-order valence-corrected chi connectivity index (χ2v) is 6.37. The first-order valence-corrected chi connectivity index (χ1v) is 8.50. The number of benzene rings is 2. The van der Waals surface area contributed by atoms with Crippen LogP contribution in [0.1, 0.15) is 21.5 Å².